The van der Waals surface area contributed by atoms with Gasteiger partial charge in [0, 0.05) is 29.4 Å². The van der Waals surface area contributed by atoms with Crippen LogP contribution in [0, 0.1) is 17.8 Å². The van der Waals surface area contributed by atoms with Crippen LogP contribution in [0.1, 0.15) is 22.3 Å². The second-order valence-corrected chi connectivity index (χ2v) is 13.4. The lowest BCUT2D eigenvalue weighted by Gasteiger charge is -2.26. The minimum Gasteiger partial charge on any atom is -0.504 e. The van der Waals surface area contributed by atoms with Crippen LogP contribution in [0.15, 0.2) is 60.7 Å². The Labute approximate surface area is 305 Å². The van der Waals surface area contributed by atoms with Crippen molar-refractivity contribution in [3.63, 3.8) is 0 Å². The molecule has 2 heterocycles. The largest absolute Gasteiger partial charge is 0.504 e. The molecule has 4 atom stereocenters. The van der Waals surface area contributed by atoms with Crippen LogP contribution in [0.3, 0.4) is 0 Å². The molecule has 0 radical (unpaired) electrons. The van der Waals surface area contributed by atoms with E-state index in [0.29, 0.717) is 28.9 Å². The first-order chi connectivity index (χ1) is 25.4. The van der Waals surface area contributed by atoms with Crippen molar-refractivity contribution in [3.8, 4) is 57.1 Å². The monoisotopic (exact) mass is 730 g/mol. The summed E-state index contributed by atoms with van der Waals surface area (Å²) in [5, 5.41) is 54.5. The summed E-state index contributed by atoms with van der Waals surface area (Å²) >= 11 is 0. The maximum absolute atomic E-state index is 13.0. The fourth-order valence-corrected chi connectivity index (χ4v) is 7.23. The fraction of sp³-hybridized carbons (Fsp3) is 0.350. The van der Waals surface area contributed by atoms with Gasteiger partial charge in [0.25, 0.3) is 0 Å². The highest BCUT2D eigenvalue weighted by molar-refractivity contribution is 5.83. The van der Waals surface area contributed by atoms with Crippen LogP contribution >= 0.6 is 0 Å². The summed E-state index contributed by atoms with van der Waals surface area (Å²) in [6, 6.07) is 16.1. The molecule has 13 heteroatoms. The zero-order valence-electron chi connectivity index (χ0n) is 29.8. The minimum atomic E-state index is -1.92. The SMILES string of the molecule is COc1cc(CC2COC(=O)C2Cc2cc(OC)c(O)c(-c3cc(CC4COC(=O)C4(O)Cc4ccc(O)c(OC)c4)cc(OC)c3O)c2)ccc1O. The van der Waals surface area contributed by atoms with E-state index >= 15 is 0 Å². The molecular weight excluding hydrogens is 688 g/mol. The van der Waals surface area contributed by atoms with Gasteiger partial charge in [0.2, 0.25) is 0 Å². The van der Waals surface area contributed by atoms with E-state index in [4.69, 9.17) is 28.4 Å². The molecule has 2 aliphatic heterocycles. The molecule has 2 fully saturated rings. The molecule has 2 aliphatic rings. The lowest BCUT2D eigenvalue weighted by molar-refractivity contribution is -0.154. The molecule has 4 aromatic carbocycles. The van der Waals surface area contributed by atoms with Crippen LogP contribution in [-0.2, 0) is 44.7 Å². The number of aromatic hydroxyl groups is 4. The number of carbonyl (C=O) groups excluding carboxylic acids is 2. The number of ether oxygens (including phenoxy) is 6. The molecular formula is C40H42O13. The smallest absolute Gasteiger partial charge is 0.338 e. The van der Waals surface area contributed by atoms with E-state index in [9.17, 15) is 35.1 Å². The third-order valence-electron chi connectivity index (χ3n) is 10.2. The average Bonchev–Trinajstić information content (AvgIpc) is 3.63. The number of aliphatic hydroxyl groups is 1. The Bertz CT molecular complexity index is 2020. The van der Waals surface area contributed by atoms with E-state index in [2.05, 4.69) is 0 Å². The highest BCUT2D eigenvalue weighted by atomic mass is 16.6. The molecule has 0 spiro atoms. The molecule has 0 aromatic heterocycles. The van der Waals surface area contributed by atoms with Gasteiger partial charge >= 0.3 is 11.9 Å². The molecule has 4 aromatic rings. The van der Waals surface area contributed by atoms with Crippen molar-refractivity contribution in [2.45, 2.75) is 31.3 Å². The number of rotatable bonds is 13. The average molecular weight is 731 g/mol. The van der Waals surface area contributed by atoms with E-state index in [1.165, 1.54) is 40.6 Å². The van der Waals surface area contributed by atoms with E-state index in [0.717, 1.165) is 5.56 Å². The lowest BCUT2D eigenvalue weighted by atomic mass is 9.80. The van der Waals surface area contributed by atoms with Crippen LogP contribution in [0.2, 0.25) is 0 Å². The van der Waals surface area contributed by atoms with Crippen LogP contribution in [-0.4, -0.2) is 84.7 Å². The highest BCUT2D eigenvalue weighted by Gasteiger charge is 2.51. The minimum absolute atomic E-state index is 0.00935. The van der Waals surface area contributed by atoms with Crippen LogP contribution < -0.4 is 18.9 Å². The molecule has 280 valence electrons. The van der Waals surface area contributed by atoms with Gasteiger partial charge < -0.3 is 54.0 Å². The Morgan fingerprint density at radius 2 is 1.13 bits per heavy atom. The highest BCUT2D eigenvalue weighted by Crippen LogP contribution is 2.47. The van der Waals surface area contributed by atoms with Gasteiger partial charge in [0.1, 0.15) is 0 Å². The second-order valence-electron chi connectivity index (χ2n) is 13.4. The molecule has 0 aliphatic carbocycles. The quantitative estimate of drug-likeness (QED) is 0.121. The molecule has 5 N–H and O–H groups in total. The maximum atomic E-state index is 13.0. The predicted molar refractivity (Wildman–Crippen MR) is 190 cm³/mol. The Morgan fingerprint density at radius 3 is 1.70 bits per heavy atom. The maximum Gasteiger partial charge on any atom is 0.338 e. The summed E-state index contributed by atoms with van der Waals surface area (Å²) in [7, 11) is 5.64. The van der Waals surface area contributed by atoms with Gasteiger partial charge in [0.15, 0.2) is 51.6 Å². The van der Waals surface area contributed by atoms with Crippen molar-refractivity contribution in [2.24, 2.45) is 17.8 Å². The normalized spacial score (nSPS) is 20.9. The predicted octanol–water partition coefficient (Wildman–Crippen LogP) is 4.47. The molecule has 0 saturated carbocycles. The number of phenols is 4. The van der Waals surface area contributed by atoms with Gasteiger partial charge in [-0.15, -0.1) is 0 Å². The first kappa shape index (κ1) is 37.0. The zero-order valence-corrected chi connectivity index (χ0v) is 29.8. The molecule has 2 saturated heterocycles. The van der Waals surface area contributed by atoms with E-state index in [1.54, 1.807) is 48.5 Å². The van der Waals surface area contributed by atoms with Gasteiger partial charge in [-0.2, -0.15) is 0 Å². The summed E-state index contributed by atoms with van der Waals surface area (Å²) in [6.45, 7) is 0.127. The first-order valence-corrected chi connectivity index (χ1v) is 17.0. The standard InChI is InChI=1S/C40H42O13/c1-48-32-14-21(5-7-30(32)41)9-25-19-52-38(45)27(25)11-24-13-29(37(44)35(17-24)51-4)28-12-23(16-34(50-3)36(28)43)10-26-20-53-39(46)40(26,47)18-22-6-8-31(42)33(15-22)49-2/h5-8,12-17,25-27,41-44,47H,9-11,18-20H2,1-4H3. The molecule has 13 nitrogen and oxygen atoms in total. The zero-order chi connectivity index (χ0) is 38.0. The van der Waals surface area contributed by atoms with Crippen LogP contribution in [0.5, 0.6) is 46.0 Å². The van der Waals surface area contributed by atoms with Crippen molar-refractivity contribution in [3.05, 3.63) is 82.9 Å². The third kappa shape index (κ3) is 7.29. The Hall–Kier alpha value is -5.82. The summed E-state index contributed by atoms with van der Waals surface area (Å²) in [4.78, 5) is 26.0. The molecule has 6 rings (SSSR count). The van der Waals surface area contributed by atoms with Crippen molar-refractivity contribution in [2.75, 3.05) is 41.7 Å². The van der Waals surface area contributed by atoms with Crippen LogP contribution in [0.25, 0.3) is 11.1 Å². The third-order valence-corrected chi connectivity index (χ3v) is 10.2. The molecule has 4 unspecified atom stereocenters. The van der Waals surface area contributed by atoms with E-state index < -0.39 is 23.4 Å². The molecule has 0 amide bonds. The number of cyclic esters (lactones) is 2. The number of hydrogen-bond acceptors (Lipinski definition) is 13. The number of benzene rings is 4. The molecule has 0 bridgehead atoms. The number of hydrogen-bond donors (Lipinski definition) is 5. The summed E-state index contributed by atoms with van der Waals surface area (Å²) in [5.74, 6) is -2.51. The number of carbonyl (C=O) groups is 2. The lowest BCUT2D eigenvalue weighted by Crippen LogP contribution is -2.44. The number of phenolic OH excluding ortho intramolecular Hbond substituents is 4. The van der Waals surface area contributed by atoms with Crippen LogP contribution in [0.4, 0.5) is 0 Å². The van der Waals surface area contributed by atoms with Crippen molar-refractivity contribution in [1.82, 2.24) is 0 Å². The van der Waals surface area contributed by atoms with Gasteiger partial charge in [-0.25, -0.2) is 4.79 Å². The number of esters is 2. The summed E-state index contributed by atoms with van der Waals surface area (Å²) in [5.41, 5.74) is 1.06. The second kappa shape index (κ2) is 15.0. The Morgan fingerprint density at radius 1 is 0.623 bits per heavy atom. The first-order valence-electron chi connectivity index (χ1n) is 17.0. The fourth-order valence-electron chi connectivity index (χ4n) is 7.23. The van der Waals surface area contributed by atoms with Gasteiger partial charge in [0.05, 0.1) is 47.6 Å². The summed E-state index contributed by atoms with van der Waals surface area (Å²) < 4.78 is 32.3. The summed E-state index contributed by atoms with van der Waals surface area (Å²) in [6.07, 6.45) is 0.724. The van der Waals surface area contributed by atoms with Gasteiger partial charge in [-0.05, 0) is 90.0 Å². The van der Waals surface area contributed by atoms with Gasteiger partial charge in [-0.1, -0.05) is 12.1 Å². The Kier molecular flexibility index (Phi) is 10.5. The van der Waals surface area contributed by atoms with E-state index in [1.807, 2.05) is 0 Å². The van der Waals surface area contributed by atoms with Crippen molar-refractivity contribution < 1.29 is 63.5 Å². The van der Waals surface area contributed by atoms with Crippen molar-refractivity contribution >= 4 is 11.9 Å². The topological polar surface area (TPSA) is 191 Å². The van der Waals surface area contributed by atoms with Crippen molar-refractivity contribution in [1.29, 1.82) is 0 Å². The Balaban J connectivity index is 1.31. The molecule has 53 heavy (non-hydrogen) atoms. The van der Waals surface area contributed by atoms with Gasteiger partial charge in [-0.3, -0.25) is 4.79 Å². The van der Waals surface area contributed by atoms with E-state index in [-0.39, 0.29) is 95.7 Å². The number of methoxy groups -OCH3 is 4.